The van der Waals surface area contributed by atoms with Gasteiger partial charge in [0.05, 0.1) is 31.8 Å². The second-order valence-electron chi connectivity index (χ2n) is 6.35. The van der Waals surface area contributed by atoms with Gasteiger partial charge in [-0.15, -0.1) is 11.3 Å². The van der Waals surface area contributed by atoms with Crippen molar-refractivity contribution in [2.45, 2.75) is 18.8 Å². The molecule has 0 bridgehead atoms. The van der Waals surface area contributed by atoms with Crippen LogP contribution >= 0.6 is 11.3 Å². The molecule has 2 aliphatic heterocycles. The van der Waals surface area contributed by atoms with Gasteiger partial charge in [0.2, 0.25) is 5.91 Å². The summed E-state index contributed by atoms with van der Waals surface area (Å²) >= 11 is 1.67. The highest BCUT2D eigenvalue weighted by atomic mass is 32.1. The van der Waals surface area contributed by atoms with Crippen molar-refractivity contribution >= 4 is 23.2 Å². The molecule has 2 N–H and O–H groups in total. The maximum atomic E-state index is 12.2. The predicted octanol–water partition coefficient (Wildman–Crippen LogP) is 0.986. The third-order valence-corrected chi connectivity index (χ3v) is 5.18. The molecular formula is C16H22F3N3O5S. The van der Waals surface area contributed by atoms with Crippen LogP contribution in [0.5, 0.6) is 0 Å². The number of nitrogens with one attached hydrogen (secondary N) is 1. The van der Waals surface area contributed by atoms with Crippen LogP contribution in [0.1, 0.15) is 5.01 Å². The molecule has 0 unspecified atom stereocenters. The number of fused-ring (bicyclic) bond motifs is 1. The van der Waals surface area contributed by atoms with E-state index in [9.17, 15) is 18.0 Å². The molecule has 3 heterocycles. The van der Waals surface area contributed by atoms with Gasteiger partial charge in [-0.1, -0.05) is 0 Å². The lowest BCUT2D eigenvalue weighted by Crippen LogP contribution is -2.38. The first-order valence-electron chi connectivity index (χ1n) is 8.51. The van der Waals surface area contributed by atoms with Crippen LogP contribution < -0.4 is 5.32 Å². The monoisotopic (exact) mass is 425 g/mol. The van der Waals surface area contributed by atoms with Crippen LogP contribution in [0, 0.1) is 11.8 Å². The molecule has 2 saturated heterocycles. The summed E-state index contributed by atoms with van der Waals surface area (Å²) in [5.74, 6) is -2.40. The first-order chi connectivity index (χ1) is 13.2. The third kappa shape index (κ3) is 6.40. The molecule has 0 aliphatic carbocycles. The number of carbonyl (C=O) groups is 2. The Morgan fingerprint density at radius 1 is 1.46 bits per heavy atom. The van der Waals surface area contributed by atoms with Crippen molar-refractivity contribution in [1.82, 2.24) is 15.2 Å². The first-order valence-corrected chi connectivity index (χ1v) is 9.39. The average molecular weight is 425 g/mol. The average Bonchev–Trinajstić information content (AvgIpc) is 3.32. The lowest BCUT2D eigenvalue weighted by Gasteiger charge is -2.18. The minimum Gasteiger partial charge on any atom is -0.475 e. The second kappa shape index (κ2) is 10.1. The number of alkyl halides is 3. The van der Waals surface area contributed by atoms with E-state index in [1.165, 1.54) is 0 Å². The topological polar surface area (TPSA) is 101 Å². The van der Waals surface area contributed by atoms with Crippen LogP contribution in [0.15, 0.2) is 11.6 Å². The Morgan fingerprint density at radius 3 is 2.75 bits per heavy atom. The molecule has 8 nitrogen and oxygen atoms in total. The molecule has 3 rings (SSSR count). The van der Waals surface area contributed by atoms with Crippen molar-refractivity contribution in [2.75, 3.05) is 40.0 Å². The van der Waals surface area contributed by atoms with Gasteiger partial charge in [-0.2, -0.15) is 13.2 Å². The smallest absolute Gasteiger partial charge is 0.475 e. The molecule has 0 radical (unpaired) electrons. The number of aromatic nitrogens is 1. The van der Waals surface area contributed by atoms with Crippen LogP contribution in [-0.2, 0) is 25.6 Å². The molecule has 1 aromatic heterocycles. The van der Waals surface area contributed by atoms with Crippen molar-refractivity contribution < 1.29 is 37.3 Å². The summed E-state index contributed by atoms with van der Waals surface area (Å²) < 4.78 is 42.5. The minimum absolute atomic E-state index is 0.0341. The van der Waals surface area contributed by atoms with Gasteiger partial charge in [-0.05, 0) is 0 Å². The Morgan fingerprint density at radius 2 is 2.18 bits per heavy atom. The number of aliphatic carboxylic acids is 1. The predicted molar refractivity (Wildman–Crippen MR) is 92.7 cm³/mol. The zero-order valence-corrected chi connectivity index (χ0v) is 16.0. The summed E-state index contributed by atoms with van der Waals surface area (Å²) in [5, 5.41) is 13.2. The van der Waals surface area contributed by atoms with Gasteiger partial charge in [-0.25, -0.2) is 9.78 Å². The van der Waals surface area contributed by atoms with E-state index in [1.807, 2.05) is 11.6 Å². The SMILES string of the molecule is COCCNC(=O)[C@H]1CO[C@@H]2CN(Cc3nccs3)C[C@H]12.O=C(O)C(F)(F)F. The maximum absolute atomic E-state index is 12.2. The third-order valence-electron chi connectivity index (χ3n) is 4.42. The molecule has 0 spiro atoms. The fraction of sp³-hybridized carbons (Fsp3) is 0.688. The second-order valence-corrected chi connectivity index (χ2v) is 7.33. The van der Waals surface area contributed by atoms with Gasteiger partial charge >= 0.3 is 12.1 Å². The van der Waals surface area contributed by atoms with Gasteiger partial charge < -0.3 is 19.9 Å². The summed E-state index contributed by atoms with van der Waals surface area (Å²) in [6.45, 7) is 4.31. The fourth-order valence-electron chi connectivity index (χ4n) is 3.12. The normalized spacial score (nSPS) is 24.4. The number of carboxylic acids is 1. The van der Waals surface area contributed by atoms with E-state index >= 15 is 0 Å². The van der Waals surface area contributed by atoms with Gasteiger partial charge in [0, 0.05) is 44.2 Å². The number of methoxy groups -OCH3 is 1. The van der Waals surface area contributed by atoms with Crippen molar-refractivity contribution in [1.29, 1.82) is 0 Å². The van der Waals surface area contributed by atoms with E-state index in [2.05, 4.69) is 15.2 Å². The van der Waals surface area contributed by atoms with Crippen molar-refractivity contribution in [3.63, 3.8) is 0 Å². The first kappa shape index (κ1) is 22.5. The minimum atomic E-state index is -5.08. The molecule has 1 aromatic rings. The molecular weight excluding hydrogens is 403 g/mol. The summed E-state index contributed by atoms with van der Waals surface area (Å²) in [6.07, 6.45) is -3.07. The molecule has 158 valence electrons. The Balaban J connectivity index is 0.000000345. The zero-order chi connectivity index (χ0) is 20.7. The quantitative estimate of drug-likeness (QED) is 0.656. The Bertz CT molecular complexity index is 644. The van der Waals surface area contributed by atoms with E-state index in [4.69, 9.17) is 19.4 Å². The Hall–Kier alpha value is -1.76. The Kier molecular flexibility index (Phi) is 8.16. The zero-order valence-electron chi connectivity index (χ0n) is 15.1. The van der Waals surface area contributed by atoms with Crippen LogP contribution in [0.25, 0.3) is 0 Å². The number of thiazole rings is 1. The van der Waals surface area contributed by atoms with Crippen LogP contribution in [0.4, 0.5) is 13.2 Å². The molecule has 0 aromatic carbocycles. The molecule has 1 amide bonds. The standard InChI is InChI=1S/C14H21N3O3S.C2HF3O2/c1-19-4-2-16-14(18)11-9-20-12-7-17(6-10(11)12)8-13-15-3-5-21-13;3-2(4,5)1(6)7/h3,5,10-12H,2,4,6-9H2,1H3,(H,16,18);(H,6,7)/t10-,11+,12-;/m1./s1. The fourth-order valence-corrected chi connectivity index (χ4v) is 3.78. The van der Waals surface area contributed by atoms with E-state index < -0.39 is 12.1 Å². The maximum Gasteiger partial charge on any atom is 0.490 e. The number of likely N-dealkylation sites (tertiary alicyclic amines) is 1. The summed E-state index contributed by atoms with van der Waals surface area (Å²) in [5.41, 5.74) is 0. The van der Waals surface area contributed by atoms with Crippen LogP contribution in [-0.4, -0.2) is 79.1 Å². The Labute approximate surface area is 163 Å². The summed E-state index contributed by atoms with van der Waals surface area (Å²) in [7, 11) is 1.63. The number of ether oxygens (including phenoxy) is 2. The highest BCUT2D eigenvalue weighted by molar-refractivity contribution is 7.09. The van der Waals surface area contributed by atoms with Crippen LogP contribution in [0.2, 0.25) is 0 Å². The molecule has 2 aliphatic rings. The van der Waals surface area contributed by atoms with Crippen LogP contribution in [0.3, 0.4) is 0 Å². The largest absolute Gasteiger partial charge is 0.490 e. The number of nitrogens with zero attached hydrogens (tertiary/aromatic N) is 2. The molecule has 2 fully saturated rings. The molecule has 3 atom stereocenters. The summed E-state index contributed by atoms with van der Waals surface area (Å²) in [4.78, 5) is 27.8. The number of halogens is 3. The molecule has 28 heavy (non-hydrogen) atoms. The van der Waals surface area contributed by atoms with E-state index in [-0.39, 0.29) is 17.9 Å². The van der Waals surface area contributed by atoms with Crippen molar-refractivity contribution in [2.24, 2.45) is 11.8 Å². The highest BCUT2D eigenvalue weighted by Gasteiger charge is 2.46. The molecule has 12 heteroatoms. The van der Waals surface area contributed by atoms with Gasteiger partial charge in [0.15, 0.2) is 0 Å². The van der Waals surface area contributed by atoms with Crippen molar-refractivity contribution in [3.05, 3.63) is 16.6 Å². The number of carboxylic acid groups (broad SMARTS) is 1. The summed E-state index contributed by atoms with van der Waals surface area (Å²) in [6, 6.07) is 0. The van der Waals surface area contributed by atoms with E-state index in [1.54, 1.807) is 18.4 Å². The number of rotatable bonds is 6. The highest BCUT2D eigenvalue weighted by Crippen LogP contribution is 2.34. The number of amides is 1. The van der Waals surface area contributed by atoms with Gasteiger partial charge in [0.25, 0.3) is 0 Å². The molecule has 0 saturated carbocycles. The number of carbonyl (C=O) groups excluding carboxylic acids is 1. The number of hydrogen-bond donors (Lipinski definition) is 2. The van der Waals surface area contributed by atoms with E-state index in [0.29, 0.717) is 25.7 Å². The lowest BCUT2D eigenvalue weighted by molar-refractivity contribution is -0.192. The van der Waals surface area contributed by atoms with Gasteiger partial charge in [0.1, 0.15) is 5.01 Å². The van der Waals surface area contributed by atoms with E-state index in [0.717, 1.165) is 24.6 Å². The van der Waals surface area contributed by atoms with Crippen molar-refractivity contribution in [3.8, 4) is 0 Å². The lowest BCUT2D eigenvalue weighted by atomic mass is 9.92. The number of hydrogen-bond acceptors (Lipinski definition) is 7. The van der Waals surface area contributed by atoms with Gasteiger partial charge in [-0.3, -0.25) is 9.69 Å².